The van der Waals surface area contributed by atoms with Gasteiger partial charge in [0.05, 0.1) is 54.8 Å². The number of nitrogens with one attached hydrogen (secondary N) is 3. The SMILES string of the molecule is COC[C@H]1C[C@@H](c2nc3c(ccc4cc5c(cc43)OCc3cc(-c4cnc([C@@H]6CCCN6C(=O)O)[nH]4)ccc3-5)[nH]2)N(C(=O)C(NC(=O)OC)C(C)OC)C1. The van der Waals surface area contributed by atoms with Gasteiger partial charge >= 0.3 is 12.2 Å². The van der Waals surface area contributed by atoms with Gasteiger partial charge in [0.25, 0.3) is 0 Å². The van der Waals surface area contributed by atoms with Crippen molar-refractivity contribution >= 4 is 39.9 Å². The fraction of sp³-hybridized carbons (Fsp3) is 0.410. The van der Waals surface area contributed by atoms with E-state index >= 15 is 0 Å². The first-order valence-corrected chi connectivity index (χ1v) is 18.1. The number of aromatic nitrogens is 4. The van der Waals surface area contributed by atoms with Crippen molar-refractivity contribution in [1.82, 2.24) is 35.1 Å². The zero-order valence-electron chi connectivity index (χ0n) is 30.5. The Morgan fingerprint density at radius 2 is 1.89 bits per heavy atom. The summed E-state index contributed by atoms with van der Waals surface area (Å²) >= 11 is 0. The Balaban J connectivity index is 1.09. The molecule has 0 aliphatic carbocycles. The van der Waals surface area contributed by atoms with Crippen LogP contribution in [0.4, 0.5) is 9.59 Å². The molecule has 2 unspecified atom stereocenters. The highest BCUT2D eigenvalue weighted by molar-refractivity contribution is 6.07. The molecule has 15 heteroatoms. The van der Waals surface area contributed by atoms with Gasteiger partial charge in [0.1, 0.15) is 30.0 Å². The Morgan fingerprint density at radius 3 is 2.67 bits per heavy atom. The van der Waals surface area contributed by atoms with E-state index in [4.69, 9.17) is 23.9 Å². The lowest BCUT2D eigenvalue weighted by Crippen LogP contribution is -2.54. The van der Waals surface area contributed by atoms with Crippen LogP contribution >= 0.6 is 0 Å². The third kappa shape index (κ3) is 6.26. The summed E-state index contributed by atoms with van der Waals surface area (Å²) in [5.74, 6) is 1.83. The average Bonchev–Trinajstić information content (AvgIpc) is 4.01. The molecule has 3 aromatic carbocycles. The van der Waals surface area contributed by atoms with Gasteiger partial charge in [-0.25, -0.2) is 19.6 Å². The summed E-state index contributed by atoms with van der Waals surface area (Å²) in [4.78, 5) is 57.7. The minimum Gasteiger partial charge on any atom is -0.488 e. The van der Waals surface area contributed by atoms with Gasteiger partial charge in [0, 0.05) is 44.2 Å². The smallest absolute Gasteiger partial charge is 0.407 e. The molecule has 3 aliphatic heterocycles. The van der Waals surface area contributed by atoms with Crippen molar-refractivity contribution in [2.75, 3.05) is 41.0 Å². The molecule has 5 heterocycles. The molecular weight excluding hydrogens is 694 g/mol. The summed E-state index contributed by atoms with van der Waals surface area (Å²) in [5.41, 5.74) is 6.45. The van der Waals surface area contributed by atoms with Gasteiger partial charge in [-0.3, -0.25) is 9.69 Å². The maximum Gasteiger partial charge on any atom is 0.407 e. The zero-order chi connectivity index (χ0) is 37.7. The summed E-state index contributed by atoms with van der Waals surface area (Å²) in [7, 11) is 4.39. The number of nitrogens with zero attached hydrogens (tertiary/aromatic N) is 4. The maximum absolute atomic E-state index is 14.1. The number of carbonyl (C=O) groups is 3. The molecule has 5 aromatic rings. The van der Waals surface area contributed by atoms with E-state index in [0.29, 0.717) is 44.4 Å². The van der Waals surface area contributed by atoms with E-state index in [0.717, 1.165) is 68.3 Å². The summed E-state index contributed by atoms with van der Waals surface area (Å²) in [6.07, 6.45) is 1.70. The Labute approximate surface area is 310 Å². The fourth-order valence-corrected chi connectivity index (χ4v) is 8.23. The number of amides is 3. The largest absolute Gasteiger partial charge is 0.488 e. The molecule has 15 nitrogen and oxygen atoms in total. The molecule has 0 bridgehead atoms. The predicted octanol–water partition coefficient (Wildman–Crippen LogP) is 5.78. The second-order valence-electron chi connectivity index (χ2n) is 14.2. The molecule has 2 aromatic heterocycles. The van der Waals surface area contributed by atoms with E-state index in [1.807, 2.05) is 18.2 Å². The van der Waals surface area contributed by atoms with E-state index < -0.39 is 24.3 Å². The van der Waals surface area contributed by atoms with Crippen LogP contribution in [0.15, 0.2) is 48.7 Å². The highest BCUT2D eigenvalue weighted by Gasteiger charge is 2.42. The standard InChI is InChI=1S/C39H43N7O8/c1-20(52-3)33(44-38(48)53-4)37(47)46-17-21(18-51-2)12-31(46)36-41-28-10-8-22-14-27-25-9-7-23(13-24(25)19-54-32(27)15-26(22)34(28)43-36)29-16-40-35(42-29)30-6-5-11-45(30)39(49)50/h7-10,13-16,20-21,30-31,33H,5-6,11-12,17-19H2,1-4H3,(H,40,42)(H,41,43)(H,44,48)(H,49,50)/t20?,21-,30-,31-,33?/m0/s1. The Hall–Kier alpha value is -5.67. The lowest BCUT2D eigenvalue weighted by atomic mass is 9.92. The molecule has 282 valence electrons. The van der Waals surface area contributed by atoms with E-state index in [1.165, 1.54) is 19.1 Å². The number of fused-ring (bicyclic) bond motifs is 6. The molecule has 4 N–H and O–H groups in total. The molecule has 0 spiro atoms. The lowest BCUT2D eigenvalue weighted by Gasteiger charge is -2.30. The van der Waals surface area contributed by atoms with Crippen LogP contribution in [0.3, 0.4) is 0 Å². The minimum absolute atomic E-state index is 0.0662. The molecule has 0 radical (unpaired) electrons. The van der Waals surface area contributed by atoms with Crippen molar-refractivity contribution in [3.63, 3.8) is 0 Å². The van der Waals surface area contributed by atoms with Gasteiger partial charge in [-0.1, -0.05) is 18.2 Å². The lowest BCUT2D eigenvalue weighted by molar-refractivity contribution is -0.137. The molecule has 3 amide bonds. The number of carbonyl (C=O) groups excluding carboxylic acids is 2. The third-order valence-electron chi connectivity index (χ3n) is 11.0. The Morgan fingerprint density at radius 1 is 1.04 bits per heavy atom. The molecule has 0 saturated carbocycles. The van der Waals surface area contributed by atoms with Gasteiger partial charge in [-0.2, -0.15) is 0 Å². The number of alkyl carbamates (subject to hydrolysis) is 1. The van der Waals surface area contributed by atoms with Gasteiger partial charge in [0.15, 0.2) is 0 Å². The van der Waals surface area contributed by atoms with E-state index in [1.54, 1.807) is 25.1 Å². The number of H-pyrrole nitrogens is 2. The number of hydrogen-bond donors (Lipinski definition) is 4. The van der Waals surface area contributed by atoms with Crippen LogP contribution in [0.25, 0.3) is 44.2 Å². The van der Waals surface area contributed by atoms with Crippen molar-refractivity contribution < 1.29 is 38.4 Å². The molecule has 3 aliphatic rings. The van der Waals surface area contributed by atoms with Gasteiger partial charge < -0.3 is 44.2 Å². The number of imidazole rings is 2. The van der Waals surface area contributed by atoms with Crippen molar-refractivity contribution in [3.05, 3.63) is 65.9 Å². The number of aromatic amines is 2. The third-order valence-corrected chi connectivity index (χ3v) is 11.0. The first kappa shape index (κ1) is 35.4. The first-order valence-electron chi connectivity index (χ1n) is 18.1. The van der Waals surface area contributed by atoms with Crippen molar-refractivity contribution in [1.29, 1.82) is 0 Å². The van der Waals surface area contributed by atoms with Crippen LogP contribution in [0.2, 0.25) is 0 Å². The molecule has 2 fully saturated rings. The van der Waals surface area contributed by atoms with Crippen LogP contribution in [0.5, 0.6) is 5.75 Å². The maximum atomic E-state index is 14.1. The average molecular weight is 738 g/mol. The number of likely N-dealkylation sites (tertiary alicyclic amines) is 2. The van der Waals surface area contributed by atoms with E-state index in [-0.39, 0.29) is 23.9 Å². The Kier molecular flexibility index (Phi) is 9.36. The molecule has 2 saturated heterocycles. The van der Waals surface area contributed by atoms with Gasteiger partial charge in [-0.05, 0) is 72.5 Å². The van der Waals surface area contributed by atoms with Crippen LogP contribution in [0, 0.1) is 5.92 Å². The quantitative estimate of drug-likeness (QED) is 0.145. The molecule has 5 atom stereocenters. The normalized spacial score (nSPS) is 20.4. The van der Waals surface area contributed by atoms with Crippen LogP contribution in [0.1, 0.15) is 55.5 Å². The summed E-state index contributed by atoms with van der Waals surface area (Å²) in [6.45, 7) is 3.52. The number of benzene rings is 3. The topological polar surface area (TPSA) is 184 Å². The molecular formula is C39H43N7O8. The zero-order valence-corrected chi connectivity index (χ0v) is 30.5. The highest BCUT2D eigenvalue weighted by atomic mass is 16.5. The van der Waals surface area contributed by atoms with Crippen molar-refractivity contribution in [2.24, 2.45) is 5.92 Å². The fourth-order valence-electron chi connectivity index (χ4n) is 8.23. The second kappa shape index (κ2) is 14.3. The van der Waals surface area contributed by atoms with Crippen LogP contribution in [-0.4, -0.2) is 106 Å². The highest BCUT2D eigenvalue weighted by Crippen LogP contribution is 2.43. The van der Waals surface area contributed by atoms with Crippen LogP contribution < -0.4 is 10.1 Å². The first-order chi connectivity index (χ1) is 26.2. The molecule has 8 rings (SSSR count). The monoisotopic (exact) mass is 737 g/mol. The van der Waals surface area contributed by atoms with Gasteiger partial charge in [-0.15, -0.1) is 0 Å². The summed E-state index contributed by atoms with van der Waals surface area (Å²) < 4.78 is 22.1. The van der Waals surface area contributed by atoms with E-state index in [9.17, 15) is 19.5 Å². The summed E-state index contributed by atoms with van der Waals surface area (Å²) in [5, 5.41) is 14.2. The number of methoxy groups -OCH3 is 3. The van der Waals surface area contributed by atoms with Gasteiger partial charge in [0.2, 0.25) is 5.91 Å². The number of hydrogen-bond acceptors (Lipinski definition) is 9. The second-order valence-corrected chi connectivity index (χ2v) is 14.2. The van der Waals surface area contributed by atoms with E-state index in [2.05, 4.69) is 44.5 Å². The number of rotatable bonds is 9. The predicted molar refractivity (Wildman–Crippen MR) is 198 cm³/mol. The number of carboxylic acid groups (broad SMARTS) is 1. The molecule has 54 heavy (non-hydrogen) atoms. The Bertz CT molecular complexity index is 2250. The number of ether oxygens (including phenoxy) is 4. The van der Waals surface area contributed by atoms with Crippen LogP contribution in [-0.2, 0) is 25.6 Å². The van der Waals surface area contributed by atoms with Crippen molar-refractivity contribution in [2.45, 2.75) is 57.0 Å². The summed E-state index contributed by atoms with van der Waals surface area (Å²) in [6, 6.07) is 12.8. The van der Waals surface area contributed by atoms with Crippen molar-refractivity contribution in [3.8, 4) is 28.1 Å². The minimum atomic E-state index is -0.960.